The van der Waals surface area contributed by atoms with Crippen LogP contribution in [0.4, 0.5) is 11.6 Å². The van der Waals surface area contributed by atoms with Crippen molar-refractivity contribution in [3.05, 3.63) is 133 Å². The Balaban J connectivity index is 1.31. The second-order valence-corrected chi connectivity index (χ2v) is 12.8. The fraction of sp³-hybridized carbons (Fsp3) is 0.150. The predicted molar refractivity (Wildman–Crippen MR) is 187 cm³/mol. The van der Waals surface area contributed by atoms with Crippen molar-refractivity contribution in [1.29, 1.82) is 0 Å². The summed E-state index contributed by atoms with van der Waals surface area (Å²) in [5.41, 5.74) is 7.71. The second kappa shape index (κ2) is 10.5. The number of hydrogen-bond donors (Lipinski definition) is 0. The molecule has 5 aromatic carbocycles. The molecule has 0 amide bonds. The number of nitrogens with zero attached hydrogens (tertiary/aromatic N) is 6. The maximum Gasteiger partial charge on any atom is 0.212 e. The topological polar surface area (TPSA) is 59.7 Å². The summed E-state index contributed by atoms with van der Waals surface area (Å²) in [4.78, 5) is 22.6. The molecular formula is C40H34N6. The Morgan fingerprint density at radius 1 is 0.457 bits per heavy atom. The molecule has 0 radical (unpaired) electrons. The first kappa shape index (κ1) is 27.9. The van der Waals surface area contributed by atoms with Crippen LogP contribution in [0.5, 0.6) is 0 Å². The first-order valence-electron chi connectivity index (χ1n) is 15.7. The number of benzene rings is 5. The molecule has 0 unspecified atom stereocenters. The van der Waals surface area contributed by atoms with Crippen molar-refractivity contribution in [2.24, 2.45) is 0 Å². The van der Waals surface area contributed by atoms with Crippen LogP contribution in [0.2, 0.25) is 0 Å². The van der Waals surface area contributed by atoms with Crippen LogP contribution in [0, 0.1) is 0 Å². The van der Waals surface area contributed by atoms with Gasteiger partial charge in [0.1, 0.15) is 0 Å². The van der Waals surface area contributed by atoms with Crippen LogP contribution in [0.1, 0.15) is 27.7 Å². The fourth-order valence-electron chi connectivity index (χ4n) is 6.58. The zero-order valence-electron chi connectivity index (χ0n) is 26.4. The van der Waals surface area contributed by atoms with Gasteiger partial charge in [0.2, 0.25) is 5.95 Å². The van der Waals surface area contributed by atoms with Crippen molar-refractivity contribution in [3.63, 3.8) is 0 Å². The quantitative estimate of drug-likeness (QED) is 0.197. The number of fused-ring (bicyclic) bond motifs is 3. The van der Waals surface area contributed by atoms with Crippen LogP contribution >= 0.6 is 0 Å². The van der Waals surface area contributed by atoms with Crippen molar-refractivity contribution < 1.29 is 0 Å². The van der Waals surface area contributed by atoms with Crippen molar-refractivity contribution in [3.8, 4) is 45.3 Å². The Hall–Kier alpha value is -5.62. The summed E-state index contributed by atoms with van der Waals surface area (Å²) in [6.07, 6.45) is 0. The van der Waals surface area contributed by atoms with Gasteiger partial charge in [0.25, 0.3) is 0 Å². The third-order valence-electron chi connectivity index (χ3n) is 9.64. The SMILES string of the molecule is CC1(C)N(c2ccccc2-c2ccccc2)c2nc3ccc(-c4nc(-c5ccccc5)nc(-c5ccccc5)n4)cc3n2C1(C)C. The maximum absolute atomic E-state index is 5.28. The van der Waals surface area contributed by atoms with Crippen molar-refractivity contribution in [2.45, 2.75) is 38.8 Å². The molecule has 6 nitrogen and oxygen atoms in total. The maximum atomic E-state index is 5.28. The van der Waals surface area contributed by atoms with Crippen molar-refractivity contribution >= 4 is 22.7 Å². The fourth-order valence-corrected chi connectivity index (χ4v) is 6.58. The number of para-hydroxylation sites is 1. The highest BCUT2D eigenvalue weighted by Gasteiger charge is 2.53. The summed E-state index contributed by atoms with van der Waals surface area (Å²) >= 11 is 0. The summed E-state index contributed by atoms with van der Waals surface area (Å²) < 4.78 is 2.39. The molecule has 0 N–H and O–H groups in total. The molecule has 0 saturated carbocycles. The van der Waals surface area contributed by atoms with Crippen molar-refractivity contribution in [1.82, 2.24) is 24.5 Å². The molecule has 0 aliphatic carbocycles. The molecule has 0 atom stereocenters. The van der Waals surface area contributed by atoms with Gasteiger partial charge in [-0.1, -0.05) is 109 Å². The molecule has 46 heavy (non-hydrogen) atoms. The Morgan fingerprint density at radius 3 is 1.54 bits per heavy atom. The van der Waals surface area contributed by atoms with Gasteiger partial charge < -0.3 is 9.47 Å². The lowest BCUT2D eigenvalue weighted by Crippen LogP contribution is -2.50. The monoisotopic (exact) mass is 598 g/mol. The third-order valence-corrected chi connectivity index (χ3v) is 9.64. The van der Waals surface area contributed by atoms with Crippen LogP contribution in [0.3, 0.4) is 0 Å². The van der Waals surface area contributed by atoms with Gasteiger partial charge in [-0.05, 0) is 57.5 Å². The van der Waals surface area contributed by atoms with Gasteiger partial charge in [0.05, 0.1) is 27.8 Å². The van der Waals surface area contributed by atoms with Gasteiger partial charge in [-0.2, -0.15) is 0 Å². The second-order valence-electron chi connectivity index (χ2n) is 12.8. The lowest BCUT2D eigenvalue weighted by Gasteiger charge is -2.42. The summed E-state index contributed by atoms with van der Waals surface area (Å²) in [6.45, 7) is 9.23. The summed E-state index contributed by atoms with van der Waals surface area (Å²) in [6, 6.07) is 45.8. The van der Waals surface area contributed by atoms with E-state index >= 15 is 0 Å². The zero-order valence-corrected chi connectivity index (χ0v) is 26.4. The molecule has 8 rings (SSSR count). The average Bonchev–Trinajstić information content (AvgIpc) is 3.54. The molecule has 0 spiro atoms. The van der Waals surface area contributed by atoms with E-state index in [2.05, 4.69) is 110 Å². The highest BCUT2D eigenvalue weighted by atomic mass is 15.4. The smallest absolute Gasteiger partial charge is 0.212 e. The summed E-state index contributed by atoms with van der Waals surface area (Å²) in [5, 5.41) is 0. The van der Waals surface area contributed by atoms with Gasteiger partial charge >= 0.3 is 0 Å². The first-order chi connectivity index (χ1) is 22.3. The number of aromatic nitrogens is 5. The van der Waals surface area contributed by atoms with Crippen LogP contribution in [0.25, 0.3) is 56.3 Å². The molecule has 1 aliphatic heterocycles. The Labute approximate surface area is 269 Å². The van der Waals surface area contributed by atoms with Crippen molar-refractivity contribution in [2.75, 3.05) is 4.90 Å². The lowest BCUT2D eigenvalue weighted by atomic mass is 9.82. The molecule has 1 aliphatic rings. The zero-order chi connectivity index (χ0) is 31.5. The third kappa shape index (κ3) is 4.32. The summed E-state index contributed by atoms with van der Waals surface area (Å²) in [7, 11) is 0. The minimum atomic E-state index is -0.303. The summed E-state index contributed by atoms with van der Waals surface area (Å²) in [5.74, 6) is 2.85. The van der Waals surface area contributed by atoms with E-state index in [0.29, 0.717) is 17.5 Å². The number of hydrogen-bond acceptors (Lipinski definition) is 5. The van der Waals surface area contributed by atoms with Crippen LogP contribution in [-0.2, 0) is 5.54 Å². The first-order valence-corrected chi connectivity index (χ1v) is 15.7. The minimum absolute atomic E-state index is 0.293. The normalized spacial score (nSPS) is 14.8. The molecule has 7 aromatic rings. The number of anilines is 2. The predicted octanol–water partition coefficient (Wildman–Crippen LogP) is 9.55. The number of imidazole rings is 1. The highest BCUT2D eigenvalue weighted by molar-refractivity contribution is 5.89. The Bertz CT molecular complexity index is 2140. The molecule has 0 fully saturated rings. The Morgan fingerprint density at radius 2 is 0.957 bits per heavy atom. The van der Waals surface area contributed by atoms with Gasteiger partial charge in [-0.25, -0.2) is 19.9 Å². The van der Waals surface area contributed by atoms with Gasteiger partial charge in [0, 0.05) is 22.3 Å². The van der Waals surface area contributed by atoms with E-state index in [-0.39, 0.29) is 11.1 Å². The van der Waals surface area contributed by atoms with E-state index in [0.717, 1.165) is 39.4 Å². The van der Waals surface area contributed by atoms with Gasteiger partial charge in [-0.15, -0.1) is 0 Å². The average molecular weight is 599 g/mol. The van der Waals surface area contributed by atoms with E-state index in [1.54, 1.807) is 0 Å². The number of rotatable bonds is 5. The molecule has 3 heterocycles. The molecule has 224 valence electrons. The van der Waals surface area contributed by atoms with E-state index < -0.39 is 0 Å². The van der Waals surface area contributed by atoms with E-state index in [9.17, 15) is 0 Å². The van der Waals surface area contributed by atoms with Crippen LogP contribution < -0.4 is 4.90 Å². The van der Waals surface area contributed by atoms with Crippen LogP contribution in [-0.4, -0.2) is 30.0 Å². The molecular weight excluding hydrogens is 564 g/mol. The van der Waals surface area contributed by atoms with Gasteiger partial charge in [-0.3, -0.25) is 0 Å². The standard InChI is InChI=1S/C40H34N6/c1-39(2)40(3,4)46-34-26-30(37-43-35(28-18-10-6-11-19-28)42-36(44-37)29-20-12-7-13-21-29)24-25-32(34)41-38(46)45(39)33-23-15-14-22-31(33)27-16-8-5-9-17-27/h5-26H,1-4H3. The molecule has 6 heteroatoms. The van der Waals surface area contributed by atoms with E-state index in [4.69, 9.17) is 19.9 Å². The molecule has 0 bridgehead atoms. The highest BCUT2D eigenvalue weighted by Crippen LogP contribution is 2.53. The van der Waals surface area contributed by atoms with E-state index in [1.807, 2.05) is 60.7 Å². The molecule has 0 saturated heterocycles. The molecule has 2 aromatic heterocycles. The lowest BCUT2D eigenvalue weighted by molar-refractivity contribution is 0.253. The Kier molecular flexibility index (Phi) is 6.36. The van der Waals surface area contributed by atoms with E-state index in [1.165, 1.54) is 11.1 Å². The van der Waals surface area contributed by atoms with Gasteiger partial charge in [0.15, 0.2) is 17.5 Å². The minimum Gasteiger partial charge on any atom is -0.303 e. The van der Waals surface area contributed by atoms with Crippen LogP contribution in [0.15, 0.2) is 133 Å². The largest absolute Gasteiger partial charge is 0.303 e.